The predicted molar refractivity (Wildman–Crippen MR) is 144 cm³/mol. The summed E-state index contributed by atoms with van der Waals surface area (Å²) in [6.45, 7) is 2.71. The van der Waals surface area contributed by atoms with Crippen LogP contribution in [0.1, 0.15) is 16.7 Å². The lowest BCUT2D eigenvalue weighted by molar-refractivity contribution is -0.114. The number of hydrazone groups is 1. The van der Waals surface area contributed by atoms with E-state index < -0.39 is 5.91 Å². The number of nitrogens with one attached hydrogen (secondary N) is 1. The normalized spacial score (nSPS) is 15.8. The zero-order chi connectivity index (χ0) is 25.8. The summed E-state index contributed by atoms with van der Waals surface area (Å²) >= 11 is 1.23. The lowest BCUT2D eigenvalue weighted by Gasteiger charge is -2.20. The van der Waals surface area contributed by atoms with Crippen LogP contribution in [0.5, 0.6) is 17.2 Å². The molecule has 1 aromatic heterocycles. The summed E-state index contributed by atoms with van der Waals surface area (Å²) < 4.78 is 17.1. The maximum absolute atomic E-state index is 12.8. The molecule has 5 rings (SSSR count). The molecule has 0 aliphatic carbocycles. The Morgan fingerprint density at radius 1 is 1.05 bits per heavy atom. The number of aromatic nitrogens is 1. The van der Waals surface area contributed by atoms with E-state index in [4.69, 9.17) is 19.6 Å². The molecular formula is C27H23N5O4S. The van der Waals surface area contributed by atoms with Crippen molar-refractivity contribution in [2.24, 2.45) is 10.1 Å². The van der Waals surface area contributed by atoms with Crippen molar-refractivity contribution >= 4 is 39.8 Å². The minimum atomic E-state index is -0.501. The molecule has 186 valence electrons. The molecule has 1 N–H and O–H groups in total. The second-order valence-electron chi connectivity index (χ2n) is 8.09. The van der Waals surface area contributed by atoms with Crippen LogP contribution in [0.2, 0.25) is 0 Å². The number of fused-ring (bicyclic) bond motifs is 1. The van der Waals surface area contributed by atoms with Crippen LogP contribution >= 0.6 is 11.8 Å². The number of amides is 1. The van der Waals surface area contributed by atoms with Gasteiger partial charge >= 0.3 is 0 Å². The number of hydrogen-bond acceptors (Lipinski definition) is 8. The molecule has 0 unspecified atom stereocenters. The van der Waals surface area contributed by atoms with Crippen molar-refractivity contribution in [3.8, 4) is 17.2 Å². The van der Waals surface area contributed by atoms with E-state index in [9.17, 15) is 4.79 Å². The van der Waals surface area contributed by atoms with Gasteiger partial charge in [-0.05, 0) is 72.3 Å². The molecule has 2 aliphatic heterocycles. The first-order chi connectivity index (χ1) is 18.0. The molecule has 0 spiro atoms. The van der Waals surface area contributed by atoms with Gasteiger partial charge in [-0.3, -0.25) is 15.2 Å². The number of hydrogen-bond donors (Lipinski definition) is 1. The second-order valence-corrected chi connectivity index (χ2v) is 9.05. The largest absolute Gasteiger partial charge is 0.493 e. The summed E-state index contributed by atoms with van der Waals surface area (Å²) in [7, 11) is 1.54. The second kappa shape index (κ2) is 10.7. The van der Waals surface area contributed by atoms with Crippen molar-refractivity contribution in [3.63, 3.8) is 0 Å². The van der Waals surface area contributed by atoms with Gasteiger partial charge in [-0.25, -0.2) is 0 Å². The maximum atomic E-state index is 12.8. The van der Waals surface area contributed by atoms with E-state index in [1.807, 2.05) is 37.3 Å². The molecule has 1 amide bonds. The monoisotopic (exact) mass is 513 g/mol. The van der Waals surface area contributed by atoms with Crippen molar-refractivity contribution in [3.05, 3.63) is 89.3 Å². The Kier molecular flexibility index (Phi) is 7.00. The number of ether oxygens (including phenoxy) is 3. The molecule has 0 saturated heterocycles. The van der Waals surface area contributed by atoms with Crippen molar-refractivity contribution in [2.45, 2.75) is 6.92 Å². The summed E-state index contributed by atoms with van der Waals surface area (Å²) in [6.07, 6.45) is 4.95. The smallest absolute Gasteiger partial charge is 0.283 e. The van der Waals surface area contributed by atoms with Gasteiger partial charge in [-0.15, -0.1) is 0 Å². The number of carbonyl (C=O) groups excluding carboxylic acids is 1. The highest BCUT2D eigenvalue weighted by molar-refractivity contribution is 8.27. The molecule has 2 aromatic carbocycles. The van der Waals surface area contributed by atoms with Gasteiger partial charge in [0.2, 0.25) is 5.17 Å². The molecule has 0 fully saturated rings. The third-order valence-corrected chi connectivity index (χ3v) is 6.42. The molecular weight excluding hydrogens is 490 g/mol. The predicted octanol–water partition coefficient (Wildman–Crippen LogP) is 4.52. The van der Waals surface area contributed by atoms with Gasteiger partial charge in [0.1, 0.15) is 24.0 Å². The van der Waals surface area contributed by atoms with Crippen LogP contribution in [0.3, 0.4) is 0 Å². The van der Waals surface area contributed by atoms with Crippen LogP contribution in [0.4, 0.5) is 0 Å². The number of rotatable bonds is 8. The number of aliphatic imine (C=N–C) groups is 1. The summed E-state index contributed by atoms with van der Waals surface area (Å²) in [5, 5.41) is 15.4. The Bertz CT molecular complexity index is 1450. The molecule has 37 heavy (non-hydrogen) atoms. The first kappa shape index (κ1) is 24.3. The first-order valence-electron chi connectivity index (χ1n) is 11.4. The number of nitrogens with zero attached hydrogens (tertiary/aromatic N) is 4. The molecule has 9 nitrogen and oxygen atoms in total. The molecule has 3 aromatic rings. The minimum absolute atomic E-state index is 0.0472. The zero-order valence-corrected chi connectivity index (χ0v) is 21.0. The topological polar surface area (TPSA) is 109 Å². The van der Waals surface area contributed by atoms with Gasteiger partial charge in [0.25, 0.3) is 5.91 Å². The van der Waals surface area contributed by atoms with Gasteiger partial charge in [0.05, 0.1) is 12.7 Å². The van der Waals surface area contributed by atoms with E-state index in [0.29, 0.717) is 40.5 Å². The Labute approximate surface area is 218 Å². The van der Waals surface area contributed by atoms with E-state index in [2.05, 4.69) is 15.1 Å². The Balaban J connectivity index is 1.28. The number of carbonyl (C=O) groups is 1. The number of amidine groups is 2. The van der Waals surface area contributed by atoms with Crippen LogP contribution < -0.4 is 14.2 Å². The highest BCUT2D eigenvalue weighted by atomic mass is 32.2. The average molecular weight is 514 g/mol. The lowest BCUT2D eigenvalue weighted by atomic mass is 10.1. The zero-order valence-electron chi connectivity index (χ0n) is 20.2. The number of benzene rings is 2. The first-order valence-corrected chi connectivity index (χ1v) is 12.2. The summed E-state index contributed by atoms with van der Waals surface area (Å²) in [6, 6.07) is 16.8. The van der Waals surface area contributed by atoms with Gasteiger partial charge in [0, 0.05) is 18.0 Å². The molecule has 0 bridgehead atoms. The molecule has 2 aliphatic rings. The average Bonchev–Trinajstić information content (AvgIpc) is 3.34. The van der Waals surface area contributed by atoms with Gasteiger partial charge < -0.3 is 14.2 Å². The fraction of sp³-hybridized carbons (Fsp3) is 0.148. The number of thioether (sulfide) groups is 1. The number of aryl methyl sites for hydroxylation is 1. The van der Waals surface area contributed by atoms with Gasteiger partial charge in [-0.2, -0.15) is 15.1 Å². The van der Waals surface area contributed by atoms with Crippen molar-refractivity contribution in [1.82, 2.24) is 9.99 Å². The maximum Gasteiger partial charge on any atom is 0.283 e. The lowest BCUT2D eigenvalue weighted by Crippen LogP contribution is -2.35. The summed E-state index contributed by atoms with van der Waals surface area (Å²) in [5.74, 6) is 1.28. The Morgan fingerprint density at radius 2 is 1.92 bits per heavy atom. The fourth-order valence-corrected chi connectivity index (χ4v) is 4.56. The molecule has 0 saturated carbocycles. The van der Waals surface area contributed by atoms with Crippen molar-refractivity contribution in [2.75, 3.05) is 20.3 Å². The standard InChI is InChI=1S/C27H23N5O4S/c1-17-5-3-7-20(13-17)35-11-12-36-22-9-8-18(15-23(22)34-2)14-21-24(28)32-27(30-25(21)33)37-26(31-32)19-6-4-10-29-16-19/h3-10,13-16,28H,11-12H2,1-2H3/b21-14-,28-24?. The highest BCUT2D eigenvalue weighted by Gasteiger charge is 2.36. The number of methoxy groups -OCH3 is 1. The van der Waals surface area contributed by atoms with Crippen LogP contribution in [0.15, 0.2) is 82.7 Å². The Morgan fingerprint density at radius 3 is 2.70 bits per heavy atom. The SMILES string of the molecule is COc1cc(/C=C2/C(=N)N3N=C(c4cccnc4)SC3=NC2=O)ccc1OCCOc1cccc(C)c1. The third kappa shape index (κ3) is 5.39. The molecule has 3 heterocycles. The van der Waals surface area contributed by atoms with Gasteiger partial charge in [-0.1, -0.05) is 18.2 Å². The van der Waals surface area contributed by atoms with Gasteiger partial charge in [0.15, 0.2) is 17.3 Å². The fourth-order valence-electron chi connectivity index (χ4n) is 3.67. The van der Waals surface area contributed by atoms with Crippen LogP contribution in [-0.4, -0.2) is 52.3 Å². The highest BCUT2D eigenvalue weighted by Crippen LogP contribution is 2.32. The summed E-state index contributed by atoms with van der Waals surface area (Å²) in [5.41, 5.74) is 2.71. The van der Waals surface area contributed by atoms with E-state index in [0.717, 1.165) is 16.9 Å². The molecule has 0 radical (unpaired) electrons. The van der Waals surface area contributed by atoms with E-state index in [1.54, 1.807) is 49.8 Å². The van der Waals surface area contributed by atoms with E-state index in [1.165, 1.54) is 16.8 Å². The Hall–Kier alpha value is -4.44. The summed E-state index contributed by atoms with van der Waals surface area (Å²) in [4.78, 5) is 21.0. The van der Waals surface area contributed by atoms with Crippen molar-refractivity contribution < 1.29 is 19.0 Å². The van der Waals surface area contributed by atoms with Crippen molar-refractivity contribution in [1.29, 1.82) is 5.41 Å². The van der Waals surface area contributed by atoms with Crippen LogP contribution in [0, 0.1) is 12.3 Å². The van der Waals surface area contributed by atoms with Crippen LogP contribution in [-0.2, 0) is 4.79 Å². The number of pyridine rings is 1. The third-order valence-electron chi connectivity index (χ3n) is 5.46. The quantitative estimate of drug-likeness (QED) is 0.348. The molecule has 0 atom stereocenters. The minimum Gasteiger partial charge on any atom is -0.493 e. The molecule has 10 heteroatoms. The van der Waals surface area contributed by atoms with E-state index in [-0.39, 0.29) is 11.4 Å². The van der Waals surface area contributed by atoms with Crippen LogP contribution in [0.25, 0.3) is 6.08 Å². The van der Waals surface area contributed by atoms with E-state index >= 15 is 0 Å².